The number of hydrogen-bond donors (Lipinski definition) is 1. The minimum Gasteiger partial charge on any atom is -0.465 e. The smallest absolute Gasteiger partial charge is 0.327 e. The van der Waals surface area contributed by atoms with Crippen LogP contribution in [0.5, 0.6) is 0 Å². The summed E-state index contributed by atoms with van der Waals surface area (Å²) in [7, 11) is 0. The number of benzene rings is 1. The van der Waals surface area contributed by atoms with Gasteiger partial charge in [-0.3, -0.25) is 5.32 Å². The molecule has 4 nitrogen and oxygen atoms in total. The molecule has 1 N–H and O–H groups in total. The van der Waals surface area contributed by atoms with Crippen LogP contribution in [0.2, 0.25) is 0 Å². The van der Waals surface area contributed by atoms with Crippen molar-refractivity contribution in [2.45, 2.75) is 26.4 Å². The lowest BCUT2D eigenvalue weighted by Crippen LogP contribution is -2.29. The van der Waals surface area contributed by atoms with E-state index < -0.39 is 6.04 Å². The Morgan fingerprint density at radius 1 is 1.40 bits per heavy atom. The normalized spacial score (nSPS) is 12.1. The number of carbonyl (C=O) groups excluding carboxylic acids is 1. The van der Waals surface area contributed by atoms with Crippen molar-refractivity contribution in [1.82, 2.24) is 10.3 Å². The molecule has 0 fully saturated rings. The van der Waals surface area contributed by atoms with Crippen LogP contribution in [0.1, 0.15) is 28.4 Å². The van der Waals surface area contributed by atoms with E-state index in [0.29, 0.717) is 13.2 Å². The molecular weight excluding hydrogens is 272 g/mol. The minimum absolute atomic E-state index is 0.250. The molecule has 1 aromatic heterocycles. The zero-order valence-electron chi connectivity index (χ0n) is 11.6. The van der Waals surface area contributed by atoms with E-state index in [9.17, 15) is 4.79 Å². The summed E-state index contributed by atoms with van der Waals surface area (Å²) in [6.07, 6.45) is 1.83. The van der Waals surface area contributed by atoms with Crippen molar-refractivity contribution >= 4 is 17.3 Å². The van der Waals surface area contributed by atoms with Gasteiger partial charge in [-0.15, -0.1) is 11.3 Å². The molecule has 0 bridgehead atoms. The van der Waals surface area contributed by atoms with E-state index in [1.807, 2.05) is 50.4 Å². The maximum absolute atomic E-state index is 12.1. The molecule has 2 aromatic rings. The van der Waals surface area contributed by atoms with Crippen LogP contribution in [0.25, 0.3) is 0 Å². The highest BCUT2D eigenvalue weighted by Crippen LogP contribution is 2.17. The van der Waals surface area contributed by atoms with Crippen LogP contribution in [0.3, 0.4) is 0 Å². The number of aromatic nitrogens is 1. The van der Waals surface area contributed by atoms with Gasteiger partial charge >= 0.3 is 5.97 Å². The molecule has 0 aliphatic carbocycles. The zero-order valence-corrected chi connectivity index (χ0v) is 12.4. The Morgan fingerprint density at radius 3 is 2.75 bits per heavy atom. The molecular formula is C15H18N2O2S. The van der Waals surface area contributed by atoms with Crippen LogP contribution in [0.15, 0.2) is 36.5 Å². The number of thiazole rings is 1. The lowest BCUT2D eigenvalue weighted by molar-refractivity contribution is -0.145. The molecule has 106 valence electrons. The summed E-state index contributed by atoms with van der Waals surface area (Å²) >= 11 is 1.62. The van der Waals surface area contributed by atoms with Gasteiger partial charge in [0.1, 0.15) is 6.04 Å². The van der Waals surface area contributed by atoms with E-state index >= 15 is 0 Å². The van der Waals surface area contributed by atoms with Crippen molar-refractivity contribution in [2.75, 3.05) is 6.61 Å². The number of rotatable bonds is 6. The lowest BCUT2D eigenvalue weighted by Gasteiger charge is -2.17. The standard InChI is InChI=1S/C15H18N2O2S/c1-3-19-15(18)14(12-7-5-4-6-8-12)17-10-13-9-16-11(2)20-13/h4-9,14,17H,3,10H2,1-2H3. The third-order valence-electron chi connectivity index (χ3n) is 2.80. The minimum atomic E-state index is -0.446. The summed E-state index contributed by atoms with van der Waals surface area (Å²) in [6, 6.07) is 9.16. The van der Waals surface area contributed by atoms with Crippen LogP contribution in [0.4, 0.5) is 0 Å². The summed E-state index contributed by atoms with van der Waals surface area (Å²) in [5, 5.41) is 4.27. The predicted molar refractivity (Wildman–Crippen MR) is 79.5 cm³/mol. The predicted octanol–water partition coefficient (Wildman–Crippen LogP) is 2.85. The molecule has 5 heteroatoms. The molecule has 0 saturated carbocycles. The van der Waals surface area contributed by atoms with Crippen LogP contribution < -0.4 is 5.32 Å². The summed E-state index contributed by atoms with van der Waals surface area (Å²) in [5.74, 6) is -0.250. The van der Waals surface area contributed by atoms with Gasteiger partial charge in [-0.2, -0.15) is 0 Å². The summed E-state index contributed by atoms with van der Waals surface area (Å²) < 4.78 is 5.14. The Kier molecular flexibility index (Phi) is 5.26. The van der Waals surface area contributed by atoms with Crippen LogP contribution >= 0.6 is 11.3 Å². The molecule has 0 aliphatic rings. The molecule has 20 heavy (non-hydrogen) atoms. The van der Waals surface area contributed by atoms with Gasteiger partial charge in [0.15, 0.2) is 0 Å². The average molecular weight is 290 g/mol. The van der Waals surface area contributed by atoms with Crippen molar-refractivity contribution < 1.29 is 9.53 Å². The Bertz CT molecular complexity index is 554. The Morgan fingerprint density at radius 2 is 2.15 bits per heavy atom. The maximum atomic E-state index is 12.1. The lowest BCUT2D eigenvalue weighted by atomic mass is 10.1. The van der Waals surface area contributed by atoms with Gasteiger partial charge < -0.3 is 4.74 Å². The Labute approximate surface area is 122 Å². The highest BCUT2D eigenvalue weighted by molar-refractivity contribution is 7.11. The molecule has 1 atom stereocenters. The largest absolute Gasteiger partial charge is 0.465 e. The molecule has 0 spiro atoms. The summed E-state index contributed by atoms with van der Waals surface area (Å²) in [5.41, 5.74) is 0.909. The van der Waals surface area contributed by atoms with Gasteiger partial charge in [0.05, 0.1) is 11.6 Å². The zero-order chi connectivity index (χ0) is 14.4. The first kappa shape index (κ1) is 14.7. The average Bonchev–Trinajstić information content (AvgIpc) is 2.86. The summed E-state index contributed by atoms with van der Waals surface area (Å²) in [6.45, 7) is 4.76. The molecule has 1 heterocycles. The van der Waals surface area contributed by atoms with Crippen molar-refractivity contribution in [3.63, 3.8) is 0 Å². The molecule has 1 unspecified atom stereocenters. The van der Waals surface area contributed by atoms with Crippen molar-refractivity contribution in [2.24, 2.45) is 0 Å². The van der Waals surface area contributed by atoms with E-state index in [1.165, 1.54) is 0 Å². The van der Waals surface area contributed by atoms with E-state index in [-0.39, 0.29) is 5.97 Å². The number of hydrogen-bond acceptors (Lipinski definition) is 5. The molecule has 2 rings (SSSR count). The van der Waals surface area contributed by atoms with Gasteiger partial charge in [0.2, 0.25) is 0 Å². The van der Waals surface area contributed by atoms with Gasteiger partial charge in [0.25, 0.3) is 0 Å². The molecule has 0 radical (unpaired) electrons. The second-order valence-corrected chi connectivity index (χ2v) is 5.64. The quantitative estimate of drug-likeness (QED) is 0.831. The second kappa shape index (κ2) is 7.17. The number of carbonyl (C=O) groups is 1. The first-order valence-electron chi connectivity index (χ1n) is 6.57. The highest BCUT2D eigenvalue weighted by atomic mass is 32.1. The fraction of sp³-hybridized carbons (Fsp3) is 0.333. The van der Waals surface area contributed by atoms with Gasteiger partial charge in [-0.05, 0) is 19.4 Å². The third-order valence-corrected chi connectivity index (χ3v) is 3.72. The van der Waals surface area contributed by atoms with Crippen LogP contribution in [0, 0.1) is 6.92 Å². The van der Waals surface area contributed by atoms with E-state index in [2.05, 4.69) is 10.3 Å². The monoisotopic (exact) mass is 290 g/mol. The van der Waals surface area contributed by atoms with Crippen molar-refractivity contribution in [1.29, 1.82) is 0 Å². The molecule has 1 aromatic carbocycles. The van der Waals surface area contributed by atoms with Gasteiger partial charge in [-0.25, -0.2) is 9.78 Å². The van der Waals surface area contributed by atoms with E-state index in [0.717, 1.165) is 15.4 Å². The SMILES string of the molecule is CCOC(=O)C(NCc1cnc(C)s1)c1ccccc1. The van der Waals surface area contributed by atoms with Crippen LogP contribution in [-0.4, -0.2) is 17.6 Å². The second-order valence-electron chi connectivity index (χ2n) is 4.32. The molecule has 0 saturated heterocycles. The summed E-state index contributed by atoms with van der Waals surface area (Å²) in [4.78, 5) is 17.4. The van der Waals surface area contributed by atoms with E-state index in [1.54, 1.807) is 11.3 Å². The number of ether oxygens (including phenoxy) is 1. The van der Waals surface area contributed by atoms with Gasteiger partial charge in [0, 0.05) is 17.6 Å². The third kappa shape index (κ3) is 3.88. The highest BCUT2D eigenvalue weighted by Gasteiger charge is 2.21. The first-order valence-corrected chi connectivity index (χ1v) is 7.38. The first-order chi connectivity index (χ1) is 9.70. The van der Waals surface area contributed by atoms with Crippen molar-refractivity contribution in [3.8, 4) is 0 Å². The Hall–Kier alpha value is -1.72. The van der Waals surface area contributed by atoms with Crippen LogP contribution in [-0.2, 0) is 16.1 Å². The van der Waals surface area contributed by atoms with Crippen molar-refractivity contribution in [3.05, 3.63) is 52.0 Å². The topological polar surface area (TPSA) is 51.2 Å². The number of aryl methyl sites for hydroxylation is 1. The Balaban J connectivity index is 2.08. The van der Waals surface area contributed by atoms with Gasteiger partial charge in [-0.1, -0.05) is 30.3 Å². The number of nitrogens with one attached hydrogen (secondary N) is 1. The fourth-order valence-electron chi connectivity index (χ4n) is 1.90. The molecule has 0 amide bonds. The number of esters is 1. The fourth-order valence-corrected chi connectivity index (χ4v) is 2.64. The molecule has 0 aliphatic heterocycles. The number of nitrogens with zero attached hydrogens (tertiary/aromatic N) is 1. The maximum Gasteiger partial charge on any atom is 0.327 e. The van der Waals surface area contributed by atoms with E-state index in [4.69, 9.17) is 4.74 Å².